The second kappa shape index (κ2) is 6.26. The van der Waals surface area contributed by atoms with E-state index in [1.807, 2.05) is 0 Å². The van der Waals surface area contributed by atoms with E-state index in [0.717, 1.165) is 12.8 Å². The first kappa shape index (κ1) is 12.7. The summed E-state index contributed by atoms with van der Waals surface area (Å²) in [5, 5.41) is 15.1. The van der Waals surface area contributed by atoms with Crippen LogP contribution in [0.2, 0.25) is 0 Å². The third kappa shape index (κ3) is 3.93. The predicted octanol–water partition coefficient (Wildman–Crippen LogP) is 2.87. The summed E-state index contributed by atoms with van der Waals surface area (Å²) in [5.74, 6) is 0. The molecule has 15 heavy (non-hydrogen) atoms. The number of hydrogen-bond acceptors (Lipinski definition) is 3. The summed E-state index contributed by atoms with van der Waals surface area (Å²) < 4.78 is 0. The standard InChI is InChI=1S/C12H21NOS/c1-4-5-11(14)8-13-10(3)12-9(2)6-7-15-12/h6-7,10-11,13-14H,4-5,8H2,1-3H3. The molecule has 86 valence electrons. The van der Waals surface area contributed by atoms with Gasteiger partial charge in [-0.15, -0.1) is 11.3 Å². The fourth-order valence-corrected chi connectivity index (χ4v) is 2.63. The molecule has 0 amide bonds. The maximum Gasteiger partial charge on any atom is 0.0664 e. The molecular formula is C12H21NOS. The Balaban J connectivity index is 2.36. The van der Waals surface area contributed by atoms with E-state index in [4.69, 9.17) is 0 Å². The van der Waals surface area contributed by atoms with E-state index in [1.54, 1.807) is 11.3 Å². The van der Waals surface area contributed by atoms with Crippen molar-refractivity contribution >= 4 is 11.3 Å². The number of hydrogen-bond donors (Lipinski definition) is 2. The smallest absolute Gasteiger partial charge is 0.0664 e. The second-order valence-corrected chi connectivity index (χ2v) is 4.99. The summed E-state index contributed by atoms with van der Waals surface area (Å²) in [6.45, 7) is 7.06. The molecule has 0 aliphatic carbocycles. The molecule has 2 N–H and O–H groups in total. The molecule has 0 spiro atoms. The number of thiophene rings is 1. The van der Waals surface area contributed by atoms with Gasteiger partial charge in [-0.3, -0.25) is 0 Å². The molecule has 1 rings (SSSR count). The molecule has 0 radical (unpaired) electrons. The van der Waals surface area contributed by atoms with Crippen LogP contribution in [-0.4, -0.2) is 17.8 Å². The highest BCUT2D eigenvalue weighted by atomic mass is 32.1. The molecule has 0 saturated heterocycles. The molecule has 0 fully saturated rings. The third-order valence-corrected chi connectivity index (χ3v) is 3.78. The molecule has 3 heteroatoms. The number of aliphatic hydroxyl groups excluding tert-OH is 1. The average molecular weight is 227 g/mol. The van der Waals surface area contributed by atoms with Gasteiger partial charge >= 0.3 is 0 Å². The maximum absolute atomic E-state index is 9.61. The predicted molar refractivity (Wildman–Crippen MR) is 66.4 cm³/mol. The lowest BCUT2D eigenvalue weighted by molar-refractivity contribution is 0.157. The molecule has 0 aromatic carbocycles. The SMILES string of the molecule is CCCC(O)CNC(C)c1sccc1C. The van der Waals surface area contributed by atoms with Crippen LogP contribution in [0.5, 0.6) is 0 Å². The highest BCUT2D eigenvalue weighted by Crippen LogP contribution is 2.23. The summed E-state index contributed by atoms with van der Waals surface area (Å²) in [6.07, 6.45) is 1.70. The second-order valence-electron chi connectivity index (χ2n) is 4.04. The Morgan fingerprint density at radius 2 is 2.27 bits per heavy atom. The van der Waals surface area contributed by atoms with E-state index in [-0.39, 0.29) is 6.10 Å². The van der Waals surface area contributed by atoms with Crippen LogP contribution in [0.1, 0.15) is 43.2 Å². The normalized spacial score (nSPS) is 15.2. The monoisotopic (exact) mass is 227 g/mol. The van der Waals surface area contributed by atoms with Gasteiger partial charge in [-0.2, -0.15) is 0 Å². The van der Waals surface area contributed by atoms with Crippen LogP contribution < -0.4 is 5.32 Å². The van der Waals surface area contributed by atoms with Crippen molar-refractivity contribution < 1.29 is 5.11 Å². The van der Waals surface area contributed by atoms with Crippen molar-refractivity contribution in [2.75, 3.05) is 6.54 Å². The summed E-state index contributed by atoms with van der Waals surface area (Å²) in [7, 11) is 0. The van der Waals surface area contributed by atoms with Crippen LogP contribution in [0.3, 0.4) is 0 Å². The summed E-state index contributed by atoms with van der Waals surface area (Å²) in [6, 6.07) is 2.48. The lowest BCUT2D eigenvalue weighted by atomic mass is 10.1. The minimum Gasteiger partial charge on any atom is -0.392 e. The minimum atomic E-state index is -0.210. The number of aryl methyl sites for hydroxylation is 1. The Bertz CT molecular complexity index is 285. The van der Waals surface area contributed by atoms with Gasteiger partial charge in [0, 0.05) is 17.5 Å². The van der Waals surface area contributed by atoms with Gasteiger partial charge in [0.1, 0.15) is 0 Å². The van der Waals surface area contributed by atoms with E-state index >= 15 is 0 Å². The molecule has 1 heterocycles. The maximum atomic E-state index is 9.61. The van der Waals surface area contributed by atoms with Gasteiger partial charge in [0.25, 0.3) is 0 Å². The quantitative estimate of drug-likeness (QED) is 0.783. The van der Waals surface area contributed by atoms with Crippen LogP contribution in [-0.2, 0) is 0 Å². The molecule has 1 aromatic heterocycles. The van der Waals surface area contributed by atoms with Crippen molar-refractivity contribution in [3.8, 4) is 0 Å². The first-order valence-corrected chi connectivity index (χ1v) is 6.48. The average Bonchev–Trinajstić information content (AvgIpc) is 2.61. The fourth-order valence-electron chi connectivity index (χ4n) is 1.67. The Labute approximate surface area is 96.3 Å². The zero-order valence-corrected chi connectivity index (χ0v) is 10.6. The third-order valence-electron chi connectivity index (χ3n) is 2.58. The van der Waals surface area contributed by atoms with Gasteiger partial charge in [-0.1, -0.05) is 13.3 Å². The highest BCUT2D eigenvalue weighted by Gasteiger charge is 2.10. The lowest BCUT2D eigenvalue weighted by Crippen LogP contribution is -2.28. The van der Waals surface area contributed by atoms with Crippen molar-refractivity contribution in [3.05, 3.63) is 21.9 Å². The van der Waals surface area contributed by atoms with E-state index in [1.165, 1.54) is 10.4 Å². The molecule has 0 aliphatic rings. The van der Waals surface area contributed by atoms with Gasteiger partial charge < -0.3 is 10.4 Å². The molecule has 0 saturated carbocycles. The molecule has 0 aliphatic heterocycles. The van der Waals surface area contributed by atoms with Gasteiger partial charge in [0.15, 0.2) is 0 Å². The van der Waals surface area contributed by atoms with Crippen LogP contribution >= 0.6 is 11.3 Å². The summed E-state index contributed by atoms with van der Waals surface area (Å²) in [4.78, 5) is 1.37. The van der Waals surface area contributed by atoms with Crippen LogP contribution in [0.4, 0.5) is 0 Å². The Morgan fingerprint density at radius 1 is 1.53 bits per heavy atom. The molecule has 2 unspecified atom stereocenters. The van der Waals surface area contributed by atoms with Crippen molar-refractivity contribution in [1.29, 1.82) is 0 Å². The lowest BCUT2D eigenvalue weighted by Gasteiger charge is -2.16. The molecule has 0 bridgehead atoms. The number of rotatable bonds is 6. The molecule has 1 aromatic rings. The van der Waals surface area contributed by atoms with Crippen LogP contribution in [0.15, 0.2) is 11.4 Å². The number of aliphatic hydroxyl groups is 1. The Kier molecular flexibility index (Phi) is 5.29. The van der Waals surface area contributed by atoms with Crippen molar-refractivity contribution in [3.63, 3.8) is 0 Å². The first-order valence-electron chi connectivity index (χ1n) is 5.60. The zero-order chi connectivity index (χ0) is 11.3. The van der Waals surface area contributed by atoms with E-state index in [2.05, 4.69) is 37.5 Å². The van der Waals surface area contributed by atoms with Gasteiger partial charge in [-0.25, -0.2) is 0 Å². The van der Waals surface area contributed by atoms with Crippen LogP contribution in [0.25, 0.3) is 0 Å². The van der Waals surface area contributed by atoms with E-state index in [9.17, 15) is 5.11 Å². The van der Waals surface area contributed by atoms with Gasteiger partial charge in [0.2, 0.25) is 0 Å². The topological polar surface area (TPSA) is 32.3 Å². The molecule has 2 nitrogen and oxygen atoms in total. The largest absolute Gasteiger partial charge is 0.392 e. The van der Waals surface area contributed by atoms with Gasteiger partial charge in [0.05, 0.1) is 6.10 Å². The highest BCUT2D eigenvalue weighted by molar-refractivity contribution is 7.10. The van der Waals surface area contributed by atoms with Crippen molar-refractivity contribution in [2.45, 2.75) is 45.8 Å². The Morgan fingerprint density at radius 3 is 2.80 bits per heavy atom. The number of nitrogens with one attached hydrogen (secondary N) is 1. The van der Waals surface area contributed by atoms with E-state index in [0.29, 0.717) is 12.6 Å². The zero-order valence-electron chi connectivity index (χ0n) is 9.79. The van der Waals surface area contributed by atoms with Crippen molar-refractivity contribution in [2.24, 2.45) is 0 Å². The van der Waals surface area contributed by atoms with Crippen LogP contribution in [0, 0.1) is 6.92 Å². The minimum absolute atomic E-state index is 0.210. The first-order chi connectivity index (χ1) is 7.15. The molecule has 2 atom stereocenters. The fraction of sp³-hybridized carbons (Fsp3) is 0.667. The van der Waals surface area contributed by atoms with Crippen molar-refractivity contribution in [1.82, 2.24) is 5.32 Å². The Hall–Kier alpha value is -0.380. The summed E-state index contributed by atoms with van der Waals surface area (Å²) in [5.41, 5.74) is 1.34. The van der Waals surface area contributed by atoms with Gasteiger partial charge in [-0.05, 0) is 37.3 Å². The molecular weight excluding hydrogens is 206 g/mol. The van der Waals surface area contributed by atoms with E-state index < -0.39 is 0 Å². The summed E-state index contributed by atoms with van der Waals surface area (Å²) >= 11 is 1.78.